The Balaban J connectivity index is 2.13. The number of likely N-dealkylation sites (tertiary alicyclic amines) is 1. The quantitative estimate of drug-likeness (QED) is 0.854. The van der Waals surface area contributed by atoms with Gasteiger partial charge >= 0.3 is 0 Å². The van der Waals surface area contributed by atoms with E-state index < -0.39 is 0 Å². The van der Waals surface area contributed by atoms with Crippen LogP contribution in [0.5, 0.6) is 0 Å². The first kappa shape index (κ1) is 16.2. The maximum absolute atomic E-state index is 12.6. The number of carbonyl (C=O) groups excluding carboxylic acids is 1. The van der Waals surface area contributed by atoms with Crippen molar-refractivity contribution < 1.29 is 4.79 Å². The highest BCUT2D eigenvalue weighted by Gasteiger charge is 2.38. The normalized spacial score (nSPS) is 17.6. The molecule has 1 fully saturated rings. The first-order valence-corrected chi connectivity index (χ1v) is 8.48. The standard InChI is InChI=1S/C14H20N4OS2/c1-9-8-11(10(2)17-16-9)12(19)18-6-4-14(21-3,5-7-18)13(15)20/h8H,4-7H2,1-3H3,(H2,15,20). The average molecular weight is 324 g/mol. The van der Waals surface area contributed by atoms with Gasteiger partial charge in [0.2, 0.25) is 0 Å². The number of piperidine rings is 1. The number of rotatable bonds is 3. The molecule has 2 N–H and O–H groups in total. The fourth-order valence-electron chi connectivity index (χ4n) is 2.56. The van der Waals surface area contributed by atoms with Gasteiger partial charge in [0, 0.05) is 13.1 Å². The molecule has 0 spiro atoms. The van der Waals surface area contributed by atoms with Crippen LogP contribution in [0.1, 0.15) is 34.6 Å². The molecule has 1 aliphatic heterocycles. The lowest BCUT2D eigenvalue weighted by Gasteiger charge is -2.40. The van der Waals surface area contributed by atoms with Crippen LogP contribution in [0, 0.1) is 13.8 Å². The molecule has 0 saturated carbocycles. The number of hydrogen-bond donors (Lipinski definition) is 1. The van der Waals surface area contributed by atoms with Crippen molar-refractivity contribution in [1.82, 2.24) is 15.1 Å². The summed E-state index contributed by atoms with van der Waals surface area (Å²) in [6, 6.07) is 1.80. The van der Waals surface area contributed by atoms with Crippen molar-refractivity contribution in [1.29, 1.82) is 0 Å². The number of thioether (sulfide) groups is 1. The van der Waals surface area contributed by atoms with Gasteiger partial charge in [-0.2, -0.15) is 22.0 Å². The van der Waals surface area contributed by atoms with Gasteiger partial charge in [-0.3, -0.25) is 4.79 Å². The summed E-state index contributed by atoms with van der Waals surface area (Å²) < 4.78 is -0.173. The van der Waals surface area contributed by atoms with Crippen molar-refractivity contribution in [3.8, 4) is 0 Å². The van der Waals surface area contributed by atoms with E-state index in [4.69, 9.17) is 18.0 Å². The van der Waals surface area contributed by atoms with Crippen molar-refractivity contribution in [3.05, 3.63) is 23.0 Å². The van der Waals surface area contributed by atoms with Crippen LogP contribution in [0.3, 0.4) is 0 Å². The number of aromatic nitrogens is 2. The van der Waals surface area contributed by atoms with Gasteiger partial charge in [-0.1, -0.05) is 12.2 Å². The highest BCUT2D eigenvalue weighted by Crippen LogP contribution is 2.35. The Hall–Kier alpha value is -1.21. The van der Waals surface area contributed by atoms with Crippen molar-refractivity contribution >= 4 is 34.9 Å². The van der Waals surface area contributed by atoms with Gasteiger partial charge in [-0.25, -0.2) is 0 Å². The Morgan fingerprint density at radius 2 is 2.00 bits per heavy atom. The van der Waals surface area contributed by atoms with Crippen molar-refractivity contribution in [2.75, 3.05) is 19.3 Å². The van der Waals surface area contributed by atoms with Crippen molar-refractivity contribution in [3.63, 3.8) is 0 Å². The fraction of sp³-hybridized carbons (Fsp3) is 0.571. The maximum Gasteiger partial charge on any atom is 0.255 e. The van der Waals surface area contributed by atoms with E-state index in [0.717, 1.165) is 18.5 Å². The molecule has 21 heavy (non-hydrogen) atoms. The van der Waals surface area contributed by atoms with Crippen LogP contribution < -0.4 is 5.73 Å². The van der Waals surface area contributed by atoms with Gasteiger partial charge in [0.25, 0.3) is 5.91 Å². The molecule has 0 bridgehead atoms. The lowest BCUT2D eigenvalue weighted by atomic mass is 9.95. The molecule has 1 saturated heterocycles. The van der Waals surface area contributed by atoms with E-state index in [2.05, 4.69) is 10.2 Å². The monoisotopic (exact) mass is 324 g/mol. The predicted molar refractivity (Wildman–Crippen MR) is 89.7 cm³/mol. The molecule has 0 radical (unpaired) electrons. The molecule has 7 heteroatoms. The minimum atomic E-state index is -0.173. The summed E-state index contributed by atoms with van der Waals surface area (Å²) in [6.45, 7) is 4.98. The van der Waals surface area contributed by atoms with E-state index in [1.165, 1.54) is 0 Å². The number of aryl methyl sites for hydroxylation is 2. The van der Waals surface area contributed by atoms with Gasteiger partial charge in [0.15, 0.2) is 0 Å². The zero-order chi connectivity index (χ0) is 15.6. The van der Waals surface area contributed by atoms with E-state index in [9.17, 15) is 4.79 Å². The molecular weight excluding hydrogens is 304 g/mol. The molecule has 2 heterocycles. The highest BCUT2D eigenvalue weighted by atomic mass is 32.2. The summed E-state index contributed by atoms with van der Waals surface area (Å²) in [6.07, 6.45) is 3.62. The van der Waals surface area contributed by atoms with Crippen LogP contribution >= 0.6 is 24.0 Å². The van der Waals surface area contributed by atoms with Gasteiger partial charge in [-0.15, -0.1) is 0 Å². The summed E-state index contributed by atoms with van der Waals surface area (Å²) in [7, 11) is 0. The van der Waals surface area contributed by atoms with Crippen LogP contribution in [0.2, 0.25) is 0 Å². The Labute approximate surface area is 134 Å². The topological polar surface area (TPSA) is 72.1 Å². The number of nitrogens with two attached hydrogens (primary N) is 1. The Morgan fingerprint density at radius 1 is 1.38 bits per heavy atom. The Morgan fingerprint density at radius 3 is 2.52 bits per heavy atom. The van der Waals surface area contributed by atoms with Gasteiger partial charge in [-0.05, 0) is 39.0 Å². The van der Waals surface area contributed by atoms with Crippen molar-refractivity contribution in [2.24, 2.45) is 5.73 Å². The molecule has 5 nitrogen and oxygen atoms in total. The van der Waals surface area contributed by atoms with Crippen LogP contribution in [0.4, 0.5) is 0 Å². The lowest BCUT2D eigenvalue weighted by Crippen LogP contribution is -2.50. The van der Waals surface area contributed by atoms with E-state index in [1.54, 1.807) is 17.8 Å². The van der Waals surface area contributed by atoms with Crippen LogP contribution in [0.15, 0.2) is 6.07 Å². The number of amides is 1. The minimum Gasteiger partial charge on any atom is -0.392 e. The minimum absolute atomic E-state index is 0.0168. The molecule has 2 rings (SSSR count). The molecule has 1 aromatic heterocycles. The zero-order valence-corrected chi connectivity index (χ0v) is 14.2. The molecular formula is C14H20N4OS2. The zero-order valence-electron chi connectivity index (χ0n) is 12.5. The average Bonchev–Trinajstić information content (AvgIpc) is 2.49. The van der Waals surface area contributed by atoms with E-state index >= 15 is 0 Å². The Bertz CT molecular complexity index is 568. The summed E-state index contributed by atoms with van der Waals surface area (Å²) in [4.78, 5) is 15.0. The highest BCUT2D eigenvalue weighted by molar-refractivity contribution is 8.02. The van der Waals surface area contributed by atoms with Crippen LogP contribution in [-0.4, -0.2) is 50.1 Å². The third-order valence-electron chi connectivity index (χ3n) is 4.03. The number of nitrogens with zero attached hydrogens (tertiary/aromatic N) is 3. The smallest absolute Gasteiger partial charge is 0.255 e. The molecule has 0 atom stereocenters. The second-order valence-corrected chi connectivity index (χ2v) is 6.97. The van der Waals surface area contributed by atoms with Gasteiger partial charge < -0.3 is 10.6 Å². The van der Waals surface area contributed by atoms with E-state index in [-0.39, 0.29) is 10.7 Å². The van der Waals surface area contributed by atoms with Crippen LogP contribution in [-0.2, 0) is 0 Å². The molecule has 1 aliphatic rings. The Kier molecular flexibility index (Phi) is 4.83. The summed E-state index contributed by atoms with van der Waals surface area (Å²) in [5.41, 5.74) is 7.93. The first-order chi connectivity index (χ1) is 9.89. The second-order valence-electron chi connectivity index (χ2n) is 5.34. The fourth-order valence-corrected chi connectivity index (χ4v) is 3.81. The molecule has 0 unspecified atom stereocenters. The second kappa shape index (κ2) is 6.27. The first-order valence-electron chi connectivity index (χ1n) is 6.85. The molecule has 114 valence electrons. The maximum atomic E-state index is 12.6. The number of thiocarbonyl (C=S) groups is 1. The third kappa shape index (κ3) is 3.18. The SMILES string of the molecule is CSC1(C(N)=S)CCN(C(=O)c2cc(C)nnc2C)CC1. The summed E-state index contributed by atoms with van der Waals surface area (Å²) in [5.74, 6) is 0.0168. The molecule has 1 aromatic rings. The number of hydrogen-bond acceptors (Lipinski definition) is 5. The predicted octanol–water partition coefficient (Wildman–Crippen LogP) is 1.72. The molecule has 1 amide bonds. The third-order valence-corrected chi connectivity index (χ3v) is 5.96. The van der Waals surface area contributed by atoms with Crippen molar-refractivity contribution in [2.45, 2.75) is 31.4 Å². The largest absolute Gasteiger partial charge is 0.392 e. The van der Waals surface area contributed by atoms with Crippen LogP contribution in [0.25, 0.3) is 0 Å². The van der Waals surface area contributed by atoms with Gasteiger partial charge in [0.1, 0.15) is 0 Å². The summed E-state index contributed by atoms with van der Waals surface area (Å²) in [5, 5.41) is 7.99. The van der Waals surface area contributed by atoms with E-state index in [0.29, 0.717) is 29.3 Å². The van der Waals surface area contributed by atoms with E-state index in [1.807, 2.05) is 25.0 Å². The number of carbonyl (C=O) groups is 1. The molecule has 0 aliphatic carbocycles. The molecule has 0 aromatic carbocycles. The lowest BCUT2D eigenvalue weighted by molar-refractivity contribution is 0.0717. The summed E-state index contributed by atoms with van der Waals surface area (Å²) >= 11 is 6.89. The van der Waals surface area contributed by atoms with Gasteiger partial charge in [0.05, 0.1) is 26.7 Å².